The Hall–Kier alpha value is -2.72. The molecule has 3 N–H and O–H groups in total. The lowest BCUT2D eigenvalue weighted by atomic mass is 9.96. The second-order valence-corrected chi connectivity index (χ2v) is 9.69. The van der Waals surface area contributed by atoms with Crippen LogP contribution in [0, 0.1) is 11.7 Å². The molecule has 0 amide bonds. The number of rotatable bonds is 4. The molecule has 0 bridgehead atoms. The molecule has 1 saturated heterocycles. The predicted molar refractivity (Wildman–Crippen MR) is 119 cm³/mol. The van der Waals surface area contributed by atoms with Gasteiger partial charge in [0.2, 0.25) is 5.43 Å². The topological polar surface area (TPSA) is 106 Å². The number of nitrogens with zero attached hydrogens (tertiary/aromatic N) is 3. The third-order valence-corrected chi connectivity index (χ3v) is 7.72. The normalized spacial score (nSPS) is 23.9. The molecule has 3 aromatic rings. The molecule has 31 heavy (non-hydrogen) atoms. The van der Waals surface area contributed by atoms with E-state index in [0.29, 0.717) is 29.1 Å². The number of aromatic nitrogens is 2. The number of H-pyrrole nitrogens is 1. The number of oxime groups is 1. The molecule has 2 aromatic heterocycles. The monoisotopic (exact) mass is 443 g/mol. The Kier molecular flexibility index (Phi) is 3.92. The highest BCUT2D eigenvalue weighted by Crippen LogP contribution is 2.45. The summed E-state index contributed by atoms with van der Waals surface area (Å²) < 4.78 is 20.0. The number of anilines is 1. The van der Waals surface area contributed by atoms with Gasteiger partial charge >= 0.3 is 0 Å². The van der Waals surface area contributed by atoms with Gasteiger partial charge in [-0.2, -0.15) is 0 Å². The number of nitrogens with two attached hydrogens (primary N) is 1. The van der Waals surface area contributed by atoms with Crippen LogP contribution in [0.4, 0.5) is 10.1 Å². The summed E-state index contributed by atoms with van der Waals surface area (Å²) in [4.78, 5) is 32.8. The van der Waals surface area contributed by atoms with Crippen molar-refractivity contribution in [1.29, 1.82) is 0 Å². The standard InChI is InChI=1S/C21H22FN5O3S/c1-30-24-14-9-26(8-12(14)21(23)4-5-21)16-7-15-11(6-13(16)22)18(28)17-19(29)25-31-20(17)27(15)10-2-3-10/h6-7,10,12H,2-5,8-9,23H2,1H3,(H,25,29)/b24-14+. The highest BCUT2D eigenvalue weighted by atomic mass is 32.1. The van der Waals surface area contributed by atoms with Gasteiger partial charge < -0.3 is 20.0 Å². The van der Waals surface area contributed by atoms with Crippen LogP contribution < -0.4 is 21.6 Å². The molecule has 3 heterocycles. The van der Waals surface area contributed by atoms with Gasteiger partial charge in [-0.25, -0.2) is 4.39 Å². The van der Waals surface area contributed by atoms with Gasteiger partial charge in [0.15, 0.2) is 0 Å². The number of aromatic amines is 1. The zero-order valence-corrected chi connectivity index (χ0v) is 17.8. The predicted octanol–water partition coefficient (Wildman–Crippen LogP) is 2.31. The molecule has 3 fully saturated rings. The van der Waals surface area contributed by atoms with Crippen molar-refractivity contribution in [3.63, 3.8) is 0 Å². The summed E-state index contributed by atoms with van der Waals surface area (Å²) in [5.41, 5.74) is 7.22. The first-order valence-electron chi connectivity index (χ1n) is 10.4. The Morgan fingerprint density at radius 3 is 2.77 bits per heavy atom. The van der Waals surface area contributed by atoms with Crippen molar-refractivity contribution in [2.75, 3.05) is 25.1 Å². The smallest absolute Gasteiger partial charge is 0.271 e. The van der Waals surface area contributed by atoms with E-state index in [1.54, 1.807) is 6.07 Å². The minimum atomic E-state index is -0.489. The number of halogens is 1. The van der Waals surface area contributed by atoms with Crippen LogP contribution in [0.5, 0.6) is 0 Å². The molecule has 162 valence electrons. The molecule has 1 unspecified atom stereocenters. The van der Waals surface area contributed by atoms with Gasteiger partial charge in [0.05, 0.1) is 23.5 Å². The van der Waals surface area contributed by atoms with E-state index < -0.39 is 16.8 Å². The van der Waals surface area contributed by atoms with E-state index in [1.165, 1.54) is 24.7 Å². The lowest BCUT2D eigenvalue weighted by Crippen LogP contribution is -2.38. The molecule has 1 aliphatic heterocycles. The Morgan fingerprint density at radius 1 is 1.32 bits per heavy atom. The third-order valence-electron chi connectivity index (χ3n) is 6.84. The van der Waals surface area contributed by atoms with Crippen molar-refractivity contribution >= 4 is 44.1 Å². The van der Waals surface area contributed by atoms with Crippen molar-refractivity contribution < 1.29 is 9.23 Å². The van der Waals surface area contributed by atoms with E-state index in [4.69, 9.17) is 10.6 Å². The van der Waals surface area contributed by atoms with Gasteiger partial charge in [-0.3, -0.25) is 14.0 Å². The first-order chi connectivity index (χ1) is 14.9. The van der Waals surface area contributed by atoms with Crippen LogP contribution in [0.25, 0.3) is 21.1 Å². The number of benzene rings is 1. The lowest BCUT2D eigenvalue weighted by Gasteiger charge is -2.22. The summed E-state index contributed by atoms with van der Waals surface area (Å²) >= 11 is 1.17. The Labute approximate surface area is 180 Å². The quantitative estimate of drug-likeness (QED) is 0.602. The number of nitrogens with one attached hydrogen (secondary N) is 1. The Balaban J connectivity index is 1.54. The van der Waals surface area contributed by atoms with Crippen LogP contribution in [0.15, 0.2) is 26.9 Å². The third kappa shape index (κ3) is 2.77. The average molecular weight is 444 g/mol. The largest absolute Gasteiger partial charge is 0.399 e. The van der Waals surface area contributed by atoms with Crippen LogP contribution >= 0.6 is 11.5 Å². The van der Waals surface area contributed by atoms with Gasteiger partial charge in [-0.05, 0) is 49.3 Å². The van der Waals surface area contributed by atoms with Crippen LogP contribution in [0.1, 0.15) is 31.7 Å². The first-order valence-corrected chi connectivity index (χ1v) is 11.3. The highest BCUT2D eigenvalue weighted by molar-refractivity contribution is 7.12. The fourth-order valence-electron chi connectivity index (χ4n) is 4.87. The summed E-state index contributed by atoms with van der Waals surface area (Å²) in [5, 5.41) is 4.53. The molecular weight excluding hydrogens is 421 g/mol. The number of hydrogen-bond acceptors (Lipinski definition) is 7. The SMILES string of the molecule is CO/N=C1\CN(c2cc3c(cc2F)c(=O)c2c(=O)[nH]sc2n3C2CC2)CC1C1(N)CC1. The number of hydrogen-bond donors (Lipinski definition) is 2. The van der Waals surface area contributed by atoms with E-state index in [-0.39, 0.29) is 28.3 Å². The highest BCUT2D eigenvalue weighted by Gasteiger charge is 2.51. The molecular formula is C21H22FN5O3S. The number of pyridine rings is 1. The van der Waals surface area contributed by atoms with E-state index in [9.17, 15) is 9.59 Å². The van der Waals surface area contributed by atoms with Crippen LogP contribution in [0.3, 0.4) is 0 Å². The molecule has 3 aliphatic rings. The molecule has 6 rings (SSSR count). The Morgan fingerprint density at radius 2 is 2.10 bits per heavy atom. The van der Waals surface area contributed by atoms with E-state index in [2.05, 4.69) is 9.53 Å². The minimum Gasteiger partial charge on any atom is -0.399 e. The molecule has 10 heteroatoms. The lowest BCUT2D eigenvalue weighted by molar-refractivity contribution is 0.210. The molecule has 8 nitrogen and oxygen atoms in total. The van der Waals surface area contributed by atoms with Gasteiger partial charge in [0, 0.05) is 29.4 Å². The summed E-state index contributed by atoms with van der Waals surface area (Å²) in [5.74, 6) is -0.484. The van der Waals surface area contributed by atoms with E-state index in [0.717, 1.165) is 31.4 Å². The molecule has 0 spiro atoms. The van der Waals surface area contributed by atoms with Crippen LogP contribution in [-0.4, -0.2) is 40.4 Å². The minimum absolute atomic E-state index is 0.00516. The average Bonchev–Trinajstić information content (AvgIpc) is 3.64. The second-order valence-electron chi connectivity index (χ2n) is 8.90. The number of fused-ring (bicyclic) bond motifs is 2. The molecule has 2 saturated carbocycles. The van der Waals surface area contributed by atoms with Gasteiger partial charge in [-0.15, -0.1) is 0 Å². The molecule has 2 aliphatic carbocycles. The van der Waals surface area contributed by atoms with Crippen molar-refractivity contribution in [2.24, 2.45) is 16.8 Å². The first kappa shape index (κ1) is 19.0. The maximum atomic E-state index is 15.3. The van der Waals surface area contributed by atoms with Crippen molar-refractivity contribution in [3.8, 4) is 0 Å². The molecule has 1 atom stereocenters. The summed E-state index contributed by atoms with van der Waals surface area (Å²) in [7, 11) is 1.50. The maximum Gasteiger partial charge on any atom is 0.271 e. The summed E-state index contributed by atoms with van der Waals surface area (Å²) in [6.07, 6.45) is 3.77. The Bertz CT molecular complexity index is 1380. The maximum absolute atomic E-state index is 15.3. The van der Waals surface area contributed by atoms with Crippen molar-refractivity contribution in [3.05, 3.63) is 38.5 Å². The zero-order chi connectivity index (χ0) is 21.5. The molecule has 1 aromatic carbocycles. The fraction of sp³-hybridized carbons (Fsp3) is 0.476. The van der Waals surface area contributed by atoms with E-state index >= 15 is 4.39 Å². The van der Waals surface area contributed by atoms with Gasteiger partial charge in [-0.1, -0.05) is 5.16 Å². The summed E-state index contributed by atoms with van der Waals surface area (Å²) in [6, 6.07) is 3.24. The summed E-state index contributed by atoms with van der Waals surface area (Å²) in [6.45, 7) is 0.974. The van der Waals surface area contributed by atoms with Crippen LogP contribution in [0.2, 0.25) is 0 Å². The van der Waals surface area contributed by atoms with Crippen molar-refractivity contribution in [2.45, 2.75) is 37.3 Å². The van der Waals surface area contributed by atoms with Crippen LogP contribution in [-0.2, 0) is 4.84 Å². The van der Waals surface area contributed by atoms with E-state index in [1.807, 2.05) is 9.47 Å². The van der Waals surface area contributed by atoms with Gasteiger partial charge in [0.1, 0.15) is 23.1 Å². The zero-order valence-electron chi connectivity index (χ0n) is 17.0. The molecule has 0 radical (unpaired) electrons. The van der Waals surface area contributed by atoms with Gasteiger partial charge in [0.25, 0.3) is 5.56 Å². The van der Waals surface area contributed by atoms with Crippen molar-refractivity contribution in [1.82, 2.24) is 8.94 Å². The fourth-order valence-corrected chi connectivity index (χ4v) is 5.80. The second kappa shape index (κ2) is 6.39.